The van der Waals surface area contributed by atoms with E-state index in [2.05, 4.69) is 27.2 Å². The van der Waals surface area contributed by atoms with Crippen molar-refractivity contribution >= 4 is 32.3 Å². The maximum absolute atomic E-state index is 11.6. The molecule has 126 valence electrons. The SMILES string of the molecule is CCS(=O)(=O)Nc1ccc(C(C)Nc2ccc3[nH]ncc3c2)cc1. The van der Waals surface area contributed by atoms with Gasteiger partial charge in [0.25, 0.3) is 0 Å². The third-order valence-corrected chi connectivity index (χ3v) is 5.19. The fourth-order valence-electron chi connectivity index (χ4n) is 2.46. The van der Waals surface area contributed by atoms with Gasteiger partial charge in [0.1, 0.15) is 0 Å². The monoisotopic (exact) mass is 344 g/mol. The molecule has 0 bridgehead atoms. The molecule has 6 nitrogen and oxygen atoms in total. The van der Waals surface area contributed by atoms with Gasteiger partial charge in [0.15, 0.2) is 0 Å². The van der Waals surface area contributed by atoms with E-state index >= 15 is 0 Å². The minimum atomic E-state index is -3.24. The number of hydrogen-bond acceptors (Lipinski definition) is 4. The van der Waals surface area contributed by atoms with Crippen LogP contribution in [0.15, 0.2) is 48.7 Å². The average Bonchev–Trinajstić information content (AvgIpc) is 3.03. The zero-order chi connectivity index (χ0) is 17.2. The maximum Gasteiger partial charge on any atom is 0.232 e. The van der Waals surface area contributed by atoms with Gasteiger partial charge in [0, 0.05) is 22.8 Å². The summed E-state index contributed by atoms with van der Waals surface area (Å²) in [4.78, 5) is 0. The fourth-order valence-corrected chi connectivity index (χ4v) is 3.10. The van der Waals surface area contributed by atoms with Gasteiger partial charge in [-0.3, -0.25) is 9.82 Å². The second-order valence-corrected chi connectivity index (χ2v) is 7.68. The summed E-state index contributed by atoms with van der Waals surface area (Å²) < 4.78 is 25.7. The van der Waals surface area contributed by atoms with Crippen molar-refractivity contribution in [3.63, 3.8) is 0 Å². The maximum atomic E-state index is 11.6. The first-order valence-corrected chi connectivity index (χ1v) is 9.42. The molecule has 3 rings (SSSR count). The second kappa shape index (κ2) is 6.52. The van der Waals surface area contributed by atoms with Crippen molar-refractivity contribution in [2.24, 2.45) is 0 Å². The number of H-pyrrole nitrogens is 1. The number of nitrogens with zero attached hydrogens (tertiary/aromatic N) is 1. The largest absolute Gasteiger partial charge is 0.379 e. The number of fused-ring (bicyclic) bond motifs is 1. The van der Waals surface area contributed by atoms with Crippen LogP contribution in [0.5, 0.6) is 0 Å². The van der Waals surface area contributed by atoms with Gasteiger partial charge in [-0.1, -0.05) is 12.1 Å². The van der Waals surface area contributed by atoms with Gasteiger partial charge >= 0.3 is 0 Å². The Hall–Kier alpha value is -2.54. The highest BCUT2D eigenvalue weighted by molar-refractivity contribution is 7.92. The van der Waals surface area contributed by atoms with E-state index in [0.29, 0.717) is 5.69 Å². The van der Waals surface area contributed by atoms with E-state index in [4.69, 9.17) is 0 Å². The number of anilines is 2. The third kappa shape index (κ3) is 3.68. The summed E-state index contributed by atoms with van der Waals surface area (Å²) >= 11 is 0. The molecule has 1 unspecified atom stereocenters. The van der Waals surface area contributed by atoms with Crippen LogP contribution in [0.1, 0.15) is 25.5 Å². The van der Waals surface area contributed by atoms with E-state index in [1.54, 1.807) is 25.3 Å². The van der Waals surface area contributed by atoms with Gasteiger partial charge in [0.2, 0.25) is 10.0 Å². The van der Waals surface area contributed by atoms with E-state index in [-0.39, 0.29) is 11.8 Å². The summed E-state index contributed by atoms with van der Waals surface area (Å²) in [6, 6.07) is 13.5. The van der Waals surface area contributed by atoms with Gasteiger partial charge < -0.3 is 5.32 Å². The average molecular weight is 344 g/mol. The number of rotatable bonds is 6. The van der Waals surface area contributed by atoms with Crippen molar-refractivity contribution in [3.05, 3.63) is 54.2 Å². The molecule has 0 spiro atoms. The highest BCUT2D eigenvalue weighted by Crippen LogP contribution is 2.23. The van der Waals surface area contributed by atoms with E-state index in [9.17, 15) is 8.42 Å². The predicted octanol–water partition coefficient (Wildman–Crippen LogP) is 3.50. The van der Waals surface area contributed by atoms with Gasteiger partial charge in [-0.05, 0) is 49.7 Å². The standard InChI is InChI=1S/C17H20N4O2S/c1-3-24(22,23)21-15-6-4-13(5-7-15)12(2)19-16-8-9-17-14(10-16)11-18-20-17/h4-12,19,21H,3H2,1-2H3,(H,18,20). The normalized spacial score (nSPS) is 12.9. The molecule has 1 atom stereocenters. The summed E-state index contributed by atoms with van der Waals surface area (Å²) in [6.45, 7) is 3.67. The number of hydrogen-bond donors (Lipinski definition) is 3. The molecule has 0 saturated heterocycles. The van der Waals surface area contributed by atoms with Gasteiger partial charge in [-0.25, -0.2) is 8.42 Å². The number of nitrogens with one attached hydrogen (secondary N) is 3. The Labute approximate surface area is 141 Å². The van der Waals surface area contributed by atoms with Crippen LogP contribution in [0.4, 0.5) is 11.4 Å². The summed E-state index contributed by atoms with van der Waals surface area (Å²) in [5, 5.41) is 11.4. The number of aromatic nitrogens is 2. The number of benzene rings is 2. The molecule has 0 saturated carbocycles. The van der Waals surface area contributed by atoms with Crippen LogP contribution < -0.4 is 10.0 Å². The van der Waals surface area contributed by atoms with Crippen molar-refractivity contribution in [3.8, 4) is 0 Å². The molecule has 7 heteroatoms. The Balaban J connectivity index is 1.71. The fraction of sp³-hybridized carbons (Fsp3) is 0.235. The predicted molar refractivity (Wildman–Crippen MR) is 97.7 cm³/mol. The van der Waals surface area contributed by atoms with E-state index in [1.807, 2.05) is 30.3 Å². The molecule has 0 radical (unpaired) electrons. The Bertz CT molecular complexity index is 933. The van der Waals surface area contributed by atoms with Gasteiger partial charge in [-0.15, -0.1) is 0 Å². The zero-order valence-electron chi connectivity index (χ0n) is 13.6. The first-order valence-electron chi connectivity index (χ1n) is 7.77. The number of sulfonamides is 1. The molecule has 2 aromatic carbocycles. The topological polar surface area (TPSA) is 86.9 Å². The summed E-state index contributed by atoms with van der Waals surface area (Å²) in [5.74, 6) is 0.0587. The molecule has 0 amide bonds. The lowest BCUT2D eigenvalue weighted by molar-refractivity contribution is 0.602. The molecule has 0 aliphatic heterocycles. The van der Waals surface area contributed by atoms with Crippen molar-refractivity contribution in [1.29, 1.82) is 0 Å². The lowest BCUT2D eigenvalue weighted by atomic mass is 10.1. The molecule has 24 heavy (non-hydrogen) atoms. The Morgan fingerprint density at radius 2 is 1.83 bits per heavy atom. The molecular formula is C17H20N4O2S. The molecule has 3 N–H and O–H groups in total. The summed E-state index contributed by atoms with van der Waals surface area (Å²) in [5.41, 5.74) is 3.65. The quantitative estimate of drug-likeness (QED) is 0.639. The van der Waals surface area contributed by atoms with E-state index < -0.39 is 10.0 Å². The van der Waals surface area contributed by atoms with Crippen molar-refractivity contribution < 1.29 is 8.42 Å². The molecule has 0 fully saturated rings. The lowest BCUT2D eigenvalue weighted by Gasteiger charge is -2.16. The number of aromatic amines is 1. The Kier molecular flexibility index (Phi) is 4.44. The van der Waals surface area contributed by atoms with Crippen molar-refractivity contribution in [2.75, 3.05) is 15.8 Å². The molecule has 1 aromatic heterocycles. The lowest BCUT2D eigenvalue weighted by Crippen LogP contribution is -2.14. The van der Waals surface area contributed by atoms with Gasteiger partial charge in [0.05, 0.1) is 17.5 Å². The zero-order valence-corrected chi connectivity index (χ0v) is 14.4. The minimum Gasteiger partial charge on any atom is -0.379 e. The smallest absolute Gasteiger partial charge is 0.232 e. The molecule has 0 aliphatic rings. The molecular weight excluding hydrogens is 324 g/mol. The second-order valence-electron chi connectivity index (χ2n) is 5.67. The van der Waals surface area contributed by atoms with Crippen LogP contribution in [-0.4, -0.2) is 24.4 Å². The summed E-state index contributed by atoms with van der Waals surface area (Å²) in [6.07, 6.45) is 1.79. The first kappa shape index (κ1) is 16.3. The van der Waals surface area contributed by atoms with Crippen LogP contribution in [0.3, 0.4) is 0 Å². The minimum absolute atomic E-state index is 0.0587. The van der Waals surface area contributed by atoms with Crippen LogP contribution in [-0.2, 0) is 10.0 Å². The molecule has 0 aliphatic carbocycles. The van der Waals surface area contributed by atoms with Gasteiger partial charge in [-0.2, -0.15) is 5.10 Å². The Morgan fingerprint density at radius 3 is 2.54 bits per heavy atom. The highest BCUT2D eigenvalue weighted by Gasteiger charge is 2.09. The molecule has 3 aromatic rings. The van der Waals surface area contributed by atoms with E-state index in [1.165, 1.54) is 0 Å². The van der Waals surface area contributed by atoms with Crippen LogP contribution in [0.25, 0.3) is 10.9 Å². The molecule has 1 heterocycles. The first-order chi connectivity index (χ1) is 11.5. The van der Waals surface area contributed by atoms with Crippen LogP contribution in [0.2, 0.25) is 0 Å². The van der Waals surface area contributed by atoms with E-state index in [0.717, 1.165) is 22.2 Å². The Morgan fingerprint density at radius 1 is 1.12 bits per heavy atom. The summed E-state index contributed by atoms with van der Waals surface area (Å²) in [7, 11) is -3.24. The van der Waals surface area contributed by atoms with Crippen molar-refractivity contribution in [1.82, 2.24) is 10.2 Å². The van der Waals surface area contributed by atoms with Crippen LogP contribution in [0, 0.1) is 0 Å². The van der Waals surface area contributed by atoms with Crippen LogP contribution >= 0.6 is 0 Å². The van der Waals surface area contributed by atoms with Crippen molar-refractivity contribution in [2.45, 2.75) is 19.9 Å². The highest BCUT2D eigenvalue weighted by atomic mass is 32.2. The third-order valence-electron chi connectivity index (χ3n) is 3.89.